The summed E-state index contributed by atoms with van der Waals surface area (Å²) in [4.78, 5) is 26.1. The van der Waals surface area contributed by atoms with E-state index in [1.807, 2.05) is 0 Å². The van der Waals surface area contributed by atoms with Crippen molar-refractivity contribution in [3.8, 4) is 5.75 Å². The maximum atomic E-state index is 12.7. The summed E-state index contributed by atoms with van der Waals surface area (Å²) in [6.07, 6.45) is 3.08. The molecule has 0 aliphatic carbocycles. The molecule has 29 heavy (non-hydrogen) atoms. The van der Waals surface area contributed by atoms with Gasteiger partial charge in [0.1, 0.15) is 5.75 Å². The minimum absolute atomic E-state index is 0.0887. The third-order valence-corrected chi connectivity index (χ3v) is 7.10. The van der Waals surface area contributed by atoms with Crippen molar-refractivity contribution in [2.24, 2.45) is 0 Å². The van der Waals surface area contributed by atoms with E-state index in [2.05, 4.69) is 0 Å². The molecule has 0 N–H and O–H groups in total. The van der Waals surface area contributed by atoms with E-state index < -0.39 is 16.0 Å². The Labute approximate surface area is 169 Å². The predicted octanol–water partition coefficient (Wildman–Crippen LogP) is 2.82. The lowest BCUT2D eigenvalue weighted by atomic mass is 10.2. The van der Waals surface area contributed by atoms with Crippen molar-refractivity contribution in [2.75, 3.05) is 24.5 Å². The second-order valence-corrected chi connectivity index (χ2v) is 9.11. The first-order chi connectivity index (χ1) is 13.9. The molecule has 2 aromatic carbocycles. The van der Waals surface area contributed by atoms with Crippen molar-refractivity contribution in [2.45, 2.75) is 30.6 Å². The molecular formula is C21H22N2O5S. The van der Waals surface area contributed by atoms with Crippen LogP contribution in [0.1, 0.15) is 36.0 Å². The second-order valence-electron chi connectivity index (χ2n) is 7.17. The van der Waals surface area contributed by atoms with Crippen molar-refractivity contribution >= 4 is 27.6 Å². The van der Waals surface area contributed by atoms with E-state index >= 15 is 0 Å². The fourth-order valence-corrected chi connectivity index (χ4v) is 5.21. The largest absolute Gasteiger partial charge is 0.423 e. The van der Waals surface area contributed by atoms with Gasteiger partial charge in [-0.15, -0.1) is 0 Å². The van der Waals surface area contributed by atoms with Gasteiger partial charge in [-0.05, 0) is 61.7 Å². The van der Waals surface area contributed by atoms with Crippen LogP contribution in [0.5, 0.6) is 5.75 Å². The van der Waals surface area contributed by atoms with Crippen LogP contribution in [0.3, 0.4) is 0 Å². The molecule has 8 heteroatoms. The quantitative estimate of drug-likeness (QED) is 0.555. The standard InChI is InChI=1S/C21H22N2O5S/c24-20-7-4-14-23(20)17-8-10-18(11-9-17)28-21(25)16-5-3-6-19(15-16)29(26,27)22-12-1-2-13-22/h3,5-6,8-11,15H,1-2,4,7,12-14H2. The summed E-state index contributed by atoms with van der Waals surface area (Å²) < 4.78 is 32.2. The smallest absolute Gasteiger partial charge is 0.343 e. The lowest BCUT2D eigenvalue weighted by Crippen LogP contribution is -2.28. The van der Waals surface area contributed by atoms with Crippen LogP contribution in [-0.4, -0.2) is 44.2 Å². The van der Waals surface area contributed by atoms with Crippen LogP contribution in [-0.2, 0) is 14.8 Å². The van der Waals surface area contributed by atoms with E-state index in [0.29, 0.717) is 31.8 Å². The van der Waals surface area contributed by atoms with Gasteiger partial charge in [-0.25, -0.2) is 13.2 Å². The van der Waals surface area contributed by atoms with Crippen LogP contribution in [0, 0.1) is 0 Å². The van der Waals surface area contributed by atoms with Crippen molar-refractivity contribution in [3.05, 3.63) is 54.1 Å². The number of sulfonamides is 1. The molecule has 2 saturated heterocycles. The van der Waals surface area contributed by atoms with E-state index in [1.165, 1.54) is 22.5 Å². The molecule has 0 bridgehead atoms. The third kappa shape index (κ3) is 4.04. The van der Waals surface area contributed by atoms with E-state index in [0.717, 1.165) is 24.9 Å². The number of hydrogen-bond acceptors (Lipinski definition) is 5. The molecule has 2 fully saturated rings. The topological polar surface area (TPSA) is 84.0 Å². The van der Waals surface area contributed by atoms with Crippen LogP contribution in [0.15, 0.2) is 53.4 Å². The van der Waals surface area contributed by atoms with Crippen molar-refractivity contribution in [1.82, 2.24) is 4.31 Å². The fraction of sp³-hybridized carbons (Fsp3) is 0.333. The maximum Gasteiger partial charge on any atom is 0.343 e. The monoisotopic (exact) mass is 414 g/mol. The van der Waals surface area contributed by atoms with Crippen molar-refractivity contribution in [1.29, 1.82) is 0 Å². The van der Waals surface area contributed by atoms with Crippen LogP contribution in [0.2, 0.25) is 0 Å². The minimum Gasteiger partial charge on any atom is -0.423 e. The van der Waals surface area contributed by atoms with E-state index in [-0.39, 0.29) is 16.4 Å². The normalized spacial score (nSPS) is 17.7. The zero-order chi connectivity index (χ0) is 20.4. The van der Waals surface area contributed by atoms with E-state index in [9.17, 15) is 18.0 Å². The van der Waals surface area contributed by atoms with Gasteiger partial charge in [0.2, 0.25) is 15.9 Å². The summed E-state index contributed by atoms with van der Waals surface area (Å²) in [5.41, 5.74) is 0.940. The van der Waals surface area contributed by atoms with Gasteiger partial charge in [0.15, 0.2) is 0 Å². The summed E-state index contributed by atoms with van der Waals surface area (Å²) >= 11 is 0. The number of ether oxygens (including phenoxy) is 1. The van der Waals surface area contributed by atoms with E-state index in [1.54, 1.807) is 35.2 Å². The first kappa shape index (κ1) is 19.6. The molecule has 2 aliphatic heterocycles. The molecule has 0 unspecified atom stereocenters. The average Bonchev–Trinajstić information content (AvgIpc) is 3.41. The SMILES string of the molecule is O=C(Oc1ccc(N2CCCC2=O)cc1)c1cccc(S(=O)(=O)N2CCCC2)c1. The first-order valence-corrected chi connectivity index (χ1v) is 11.1. The number of anilines is 1. The summed E-state index contributed by atoms with van der Waals surface area (Å²) in [6, 6.07) is 12.7. The number of nitrogens with zero attached hydrogens (tertiary/aromatic N) is 2. The Kier molecular flexibility index (Phi) is 5.38. The minimum atomic E-state index is -3.60. The number of esters is 1. The molecule has 2 heterocycles. The average molecular weight is 414 g/mol. The highest BCUT2D eigenvalue weighted by atomic mass is 32.2. The van der Waals surface area contributed by atoms with Gasteiger partial charge in [-0.2, -0.15) is 4.31 Å². The van der Waals surface area contributed by atoms with Gasteiger partial charge in [0, 0.05) is 31.7 Å². The molecule has 152 valence electrons. The highest BCUT2D eigenvalue weighted by Gasteiger charge is 2.28. The van der Waals surface area contributed by atoms with Crippen LogP contribution in [0.4, 0.5) is 5.69 Å². The number of benzene rings is 2. The van der Waals surface area contributed by atoms with Crippen molar-refractivity contribution < 1.29 is 22.7 Å². The molecule has 2 aliphatic rings. The lowest BCUT2D eigenvalue weighted by Gasteiger charge is -2.16. The number of carbonyl (C=O) groups is 2. The Hall–Kier alpha value is -2.71. The Morgan fingerprint density at radius 2 is 1.66 bits per heavy atom. The molecule has 0 atom stereocenters. The molecule has 0 radical (unpaired) electrons. The Balaban J connectivity index is 1.48. The van der Waals surface area contributed by atoms with Crippen LogP contribution in [0.25, 0.3) is 0 Å². The zero-order valence-electron chi connectivity index (χ0n) is 15.9. The summed E-state index contributed by atoms with van der Waals surface area (Å²) in [7, 11) is -3.60. The number of carbonyl (C=O) groups excluding carboxylic acids is 2. The van der Waals surface area contributed by atoms with Crippen molar-refractivity contribution in [3.63, 3.8) is 0 Å². The van der Waals surface area contributed by atoms with Gasteiger partial charge in [-0.1, -0.05) is 6.07 Å². The Morgan fingerprint density at radius 1 is 0.931 bits per heavy atom. The molecule has 0 aromatic heterocycles. The number of hydrogen-bond donors (Lipinski definition) is 0. The molecule has 1 amide bonds. The van der Waals surface area contributed by atoms with Gasteiger partial charge in [-0.3, -0.25) is 4.79 Å². The second kappa shape index (κ2) is 7.96. The number of rotatable bonds is 5. The lowest BCUT2D eigenvalue weighted by molar-refractivity contribution is -0.117. The number of amides is 1. The molecule has 2 aromatic rings. The molecule has 0 spiro atoms. The van der Waals surface area contributed by atoms with Gasteiger partial charge >= 0.3 is 5.97 Å². The third-order valence-electron chi connectivity index (χ3n) is 5.20. The molecule has 0 saturated carbocycles. The van der Waals surface area contributed by atoms with Gasteiger partial charge < -0.3 is 9.64 Å². The highest BCUT2D eigenvalue weighted by Crippen LogP contribution is 2.25. The van der Waals surface area contributed by atoms with Crippen LogP contribution >= 0.6 is 0 Å². The molecule has 7 nitrogen and oxygen atoms in total. The summed E-state index contributed by atoms with van der Waals surface area (Å²) in [6.45, 7) is 1.70. The highest BCUT2D eigenvalue weighted by molar-refractivity contribution is 7.89. The fourth-order valence-electron chi connectivity index (χ4n) is 3.64. The Morgan fingerprint density at radius 3 is 2.31 bits per heavy atom. The van der Waals surface area contributed by atoms with Gasteiger partial charge in [0.05, 0.1) is 10.5 Å². The molecule has 4 rings (SSSR count). The Bertz CT molecular complexity index is 1030. The molecular weight excluding hydrogens is 392 g/mol. The first-order valence-electron chi connectivity index (χ1n) is 9.68. The summed E-state index contributed by atoms with van der Waals surface area (Å²) in [5, 5.41) is 0. The van der Waals surface area contributed by atoms with Gasteiger partial charge in [0.25, 0.3) is 0 Å². The van der Waals surface area contributed by atoms with E-state index in [4.69, 9.17) is 4.74 Å². The van der Waals surface area contributed by atoms with Crippen LogP contribution < -0.4 is 9.64 Å². The summed E-state index contributed by atoms with van der Waals surface area (Å²) in [5.74, 6) is -0.211. The zero-order valence-corrected chi connectivity index (χ0v) is 16.7. The predicted molar refractivity (Wildman–Crippen MR) is 107 cm³/mol. The maximum absolute atomic E-state index is 12.7.